The van der Waals surface area contributed by atoms with E-state index in [2.05, 4.69) is 20.9 Å². The smallest absolute Gasteiger partial charge is 0.302 e. The Morgan fingerprint density at radius 1 is 1.31 bits per heavy atom. The van der Waals surface area contributed by atoms with Crippen molar-refractivity contribution in [1.82, 2.24) is 9.55 Å². The van der Waals surface area contributed by atoms with Gasteiger partial charge in [-0.05, 0) is 28.1 Å². The van der Waals surface area contributed by atoms with E-state index in [0.29, 0.717) is 11.8 Å². The molecule has 2 rings (SSSR count). The molecule has 4 nitrogen and oxygen atoms in total. The highest BCUT2D eigenvalue weighted by atomic mass is 79.9. The van der Waals surface area contributed by atoms with E-state index in [1.54, 1.807) is 17.9 Å². The molecule has 1 aromatic heterocycles. The number of imidazole rings is 1. The minimum atomic E-state index is 0.528. The maximum absolute atomic E-state index is 5.61. The standard InChI is InChI=1S/C11H11BrN2O2/c1-14-10(12)7-13-11(14)16-9-5-3-4-8(6-9)15-2/h3-7H,1-2H3. The van der Waals surface area contributed by atoms with Gasteiger partial charge in [0.05, 0.1) is 13.3 Å². The van der Waals surface area contributed by atoms with Crippen LogP contribution < -0.4 is 9.47 Å². The number of benzene rings is 1. The molecule has 0 aliphatic rings. The zero-order valence-electron chi connectivity index (χ0n) is 8.98. The van der Waals surface area contributed by atoms with Gasteiger partial charge in [0.2, 0.25) is 0 Å². The molecule has 0 fully saturated rings. The Balaban J connectivity index is 2.23. The zero-order chi connectivity index (χ0) is 11.5. The molecule has 0 unspecified atom stereocenters. The molecule has 84 valence electrons. The summed E-state index contributed by atoms with van der Waals surface area (Å²) in [6.45, 7) is 0. The SMILES string of the molecule is COc1cccc(Oc2ncc(Br)n2C)c1. The van der Waals surface area contributed by atoms with Gasteiger partial charge in [0, 0.05) is 13.1 Å². The molecule has 0 spiro atoms. The molecule has 0 N–H and O–H groups in total. The molecule has 0 saturated carbocycles. The number of nitrogens with zero attached hydrogens (tertiary/aromatic N) is 2. The van der Waals surface area contributed by atoms with Crippen molar-refractivity contribution >= 4 is 15.9 Å². The molecular weight excluding hydrogens is 272 g/mol. The Morgan fingerprint density at radius 3 is 2.69 bits per heavy atom. The van der Waals surface area contributed by atoms with Crippen LogP contribution in [0.3, 0.4) is 0 Å². The van der Waals surface area contributed by atoms with Crippen molar-refractivity contribution in [2.45, 2.75) is 0 Å². The second kappa shape index (κ2) is 4.57. The summed E-state index contributed by atoms with van der Waals surface area (Å²) < 4.78 is 13.4. The van der Waals surface area contributed by atoms with E-state index in [1.165, 1.54) is 0 Å². The van der Waals surface area contributed by atoms with Crippen molar-refractivity contribution in [1.29, 1.82) is 0 Å². The van der Waals surface area contributed by atoms with E-state index >= 15 is 0 Å². The first kappa shape index (κ1) is 11.0. The van der Waals surface area contributed by atoms with Crippen LogP contribution in [0.25, 0.3) is 0 Å². The molecule has 0 radical (unpaired) electrons. The maximum Gasteiger partial charge on any atom is 0.302 e. The molecule has 0 bridgehead atoms. The molecule has 5 heteroatoms. The number of hydrogen-bond donors (Lipinski definition) is 0. The van der Waals surface area contributed by atoms with Crippen LogP contribution in [-0.2, 0) is 7.05 Å². The molecule has 2 aromatic rings. The number of ether oxygens (including phenoxy) is 2. The summed E-state index contributed by atoms with van der Waals surface area (Å²) in [4.78, 5) is 4.12. The summed E-state index contributed by atoms with van der Waals surface area (Å²) in [5.41, 5.74) is 0. The number of hydrogen-bond acceptors (Lipinski definition) is 3. The van der Waals surface area contributed by atoms with E-state index in [9.17, 15) is 0 Å². The second-order valence-electron chi connectivity index (χ2n) is 3.20. The predicted molar refractivity (Wildman–Crippen MR) is 64.0 cm³/mol. The van der Waals surface area contributed by atoms with Crippen LogP contribution in [0.1, 0.15) is 0 Å². The van der Waals surface area contributed by atoms with Crippen molar-refractivity contribution in [2.24, 2.45) is 7.05 Å². The van der Waals surface area contributed by atoms with Gasteiger partial charge < -0.3 is 9.47 Å². The van der Waals surface area contributed by atoms with E-state index in [-0.39, 0.29) is 0 Å². The lowest BCUT2D eigenvalue weighted by molar-refractivity contribution is 0.399. The maximum atomic E-state index is 5.61. The van der Waals surface area contributed by atoms with Crippen molar-refractivity contribution in [3.05, 3.63) is 35.1 Å². The molecule has 1 heterocycles. The Hall–Kier alpha value is -1.49. The highest BCUT2D eigenvalue weighted by molar-refractivity contribution is 9.10. The van der Waals surface area contributed by atoms with E-state index in [4.69, 9.17) is 9.47 Å². The van der Waals surface area contributed by atoms with Gasteiger partial charge in [0.1, 0.15) is 16.1 Å². The van der Waals surface area contributed by atoms with E-state index < -0.39 is 0 Å². The van der Waals surface area contributed by atoms with Crippen LogP contribution in [-0.4, -0.2) is 16.7 Å². The minimum Gasteiger partial charge on any atom is -0.497 e. The third kappa shape index (κ3) is 2.19. The van der Waals surface area contributed by atoms with Crippen molar-refractivity contribution in [3.63, 3.8) is 0 Å². The van der Waals surface area contributed by atoms with Gasteiger partial charge in [-0.15, -0.1) is 0 Å². The van der Waals surface area contributed by atoms with Gasteiger partial charge in [-0.1, -0.05) is 6.07 Å². The quantitative estimate of drug-likeness (QED) is 0.868. The summed E-state index contributed by atoms with van der Waals surface area (Å²) in [7, 11) is 3.49. The topological polar surface area (TPSA) is 36.3 Å². The number of rotatable bonds is 3. The zero-order valence-corrected chi connectivity index (χ0v) is 10.6. The number of aromatic nitrogens is 2. The van der Waals surface area contributed by atoms with Gasteiger partial charge in [-0.3, -0.25) is 4.57 Å². The van der Waals surface area contributed by atoms with Crippen LogP contribution in [0.4, 0.5) is 0 Å². The number of methoxy groups -OCH3 is 1. The van der Waals surface area contributed by atoms with Gasteiger partial charge in [0.15, 0.2) is 0 Å². The summed E-state index contributed by atoms with van der Waals surface area (Å²) >= 11 is 3.35. The Labute approximate surface area is 102 Å². The first-order chi connectivity index (χ1) is 7.70. The average Bonchev–Trinajstić information content (AvgIpc) is 2.61. The highest BCUT2D eigenvalue weighted by Crippen LogP contribution is 2.25. The van der Waals surface area contributed by atoms with Crippen LogP contribution in [0.15, 0.2) is 35.1 Å². The Kier molecular flexibility index (Phi) is 3.14. The fourth-order valence-corrected chi connectivity index (χ4v) is 1.49. The predicted octanol–water partition coefficient (Wildman–Crippen LogP) is 2.98. The normalized spacial score (nSPS) is 10.2. The lowest BCUT2D eigenvalue weighted by Gasteiger charge is -2.06. The summed E-state index contributed by atoms with van der Waals surface area (Å²) in [6, 6.07) is 7.92. The van der Waals surface area contributed by atoms with Crippen molar-refractivity contribution in [2.75, 3.05) is 7.11 Å². The fourth-order valence-electron chi connectivity index (χ4n) is 1.24. The van der Waals surface area contributed by atoms with Crippen molar-refractivity contribution in [3.8, 4) is 17.5 Å². The van der Waals surface area contributed by atoms with Gasteiger partial charge in [-0.2, -0.15) is 0 Å². The monoisotopic (exact) mass is 282 g/mol. The summed E-state index contributed by atoms with van der Waals surface area (Å²) in [5.74, 6) is 1.45. The molecule has 0 aliphatic heterocycles. The van der Waals surface area contributed by atoms with Crippen LogP contribution >= 0.6 is 15.9 Å². The lowest BCUT2D eigenvalue weighted by atomic mass is 10.3. The summed E-state index contributed by atoms with van der Waals surface area (Å²) in [5, 5.41) is 0. The van der Waals surface area contributed by atoms with Crippen LogP contribution in [0, 0.1) is 0 Å². The molecule has 0 atom stereocenters. The average molecular weight is 283 g/mol. The lowest BCUT2D eigenvalue weighted by Crippen LogP contribution is -1.94. The second-order valence-corrected chi connectivity index (χ2v) is 4.02. The molecule has 0 amide bonds. The van der Waals surface area contributed by atoms with Crippen LogP contribution in [0.5, 0.6) is 17.5 Å². The fraction of sp³-hybridized carbons (Fsp3) is 0.182. The van der Waals surface area contributed by atoms with E-state index in [1.807, 2.05) is 31.3 Å². The molecule has 16 heavy (non-hydrogen) atoms. The third-order valence-corrected chi connectivity index (χ3v) is 2.88. The summed E-state index contributed by atoms with van der Waals surface area (Å²) in [6.07, 6.45) is 1.69. The minimum absolute atomic E-state index is 0.528. The molecule has 1 aromatic carbocycles. The Bertz CT molecular complexity index is 496. The molecular formula is C11H11BrN2O2. The van der Waals surface area contributed by atoms with Gasteiger partial charge in [-0.25, -0.2) is 4.98 Å². The van der Waals surface area contributed by atoms with Crippen LogP contribution in [0.2, 0.25) is 0 Å². The number of halogens is 1. The molecule has 0 saturated heterocycles. The van der Waals surface area contributed by atoms with Gasteiger partial charge in [0.25, 0.3) is 0 Å². The molecule has 0 aliphatic carbocycles. The first-order valence-electron chi connectivity index (χ1n) is 4.70. The first-order valence-corrected chi connectivity index (χ1v) is 5.49. The van der Waals surface area contributed by atoms with Gasteiger partial charge >= 0.3 is 6.01 Å². The highest BCUT2D eigenvalue weighted by Gasteiger charge is 2.06. The van der Waals surface area contributed by atoms with Crippen molar-refractivity contribution < 1.29 is 9.47 Å². The largest absolute Gasteiger partial charge is 0.497 e. The third-order valence-electron chi connectivity index (χ3n) is 2.14. The van der Waals surface area contributed by atoms with E-state index in [0.717, 1.165) is 10.4 Å². The Morgan fingerprint density at radius 2 is 2.06 bits per heavy atom.